The van der Waals surface area contributed by atoms with Crippen LogP contribution < -0.4 is 0 Å². The zero-order valence-corrected chi connectivity index (χ0v) is 7.75. The van der Waals surface area contributed by atoms with Gasteiger partial charge in [0.1, 0.15) is 0 Å². The molecular weight excluding hydrogens is 158 g/mol. The Labute approximate surface area is 72.2 Å². The van der Waals surface area contributed by atoms with Gasteiger partial charge in [0.25, 0.3) is 0 Å². The van der Waals surface area contributed by atoms with Crippen molar-refractivity contribution in [1.29, 1.82) is 0 Å². The summed E-state index contributed by atoms with van der Waals surface area (Å²) in [5.74, 6) is 0. The standard InChI is InChI=1S/C7H13N3S/c1-3-4-7(11)10-5-6(2)8-9-10/h5,7,11H,3-4H2,1-2H3. The molecule has 0 radical (unpaired) electrons. The first-order valence-corrected chi connectivity index (χ1v) is 4.32. The van der Waals surface area contributed by atoms with E-state index in [1.54, 1.807) is 4.68 Å². The lowest BCUT2D eigenvalue weighted by Gasteiger charge is -2.07. The first-order chi connectivity index (χ1) is 5.24. The summed E-state index contributed by atoms with van der Waals surface area (Å²) in [6.07, 6.45) is 4.06. The molecule has 1 heterocycles. The summed E-state index contributed by atoms with van der Waals surface area (Å²) >= 11 is 4.37. The number of hydrogen-bond donors (Lipinski definition) is 1. The smallest absolute Gasteiger partial charge is 0.0960 e. The molecule has 0 aliphatic heterocycles. The quantitative estimate of drug-likeness (QED) is 0.703. The lowest BCUT2D eigenvalue weighted by atomic mass is 10.3. The second kappa shape index (κ2) is 3.76. The van der Waals surface area contributed by atoms with Gasteiger partial charge in [-0.05, 0) is 13.3 Å². The molecule has 0 bridgehead atoms. The topological polar surface area (TPSA) is 30.7 Å². The minimum atomic E-state index is 0.182. The summed E-state index contributed by atoms with van der Waals surface area (Å²) in [5, 5.41) is 7.99. The molecule has 0 aliphatic carbocycles. The van der Waals surface area contributed by atoms with Gasteiger partial charge in [-0.2, -0.15) is 12.6 Å². The van der Waals surface area contributed by atoms with Crippen molar-refractivity contribution in [3.05, 3.63) is 11.9 Å². The van der Waals surface area contributed by atoms with Gasteiger partial charge in [-0.25, -0.2) is 4.68 Å². The summed E-state index contributed by atoms with van der Waals surface area (Å²) in [7, 11) is 0. The predicted octanol–water partition coefficient (Wildman–Crippen LogP) is 1.82. The van der Waals surface area contributed by atoms with Gasteiger partial charge in [-0.1, -0.05) is 18.6 Å². The Morgan fingerprint density at radius 1 is 1.73 bits per heavy atom. The van der Waals surface area contributed by atoms with E-state index < -0.39 is 0 Å². The maximum Gasteiger partial charge on any atom is 0.0960 e. The molecule has 1 atom stereocenters. The van der Waals surface area contributed by atoms with Crippen LogP contribution >= 0.6 is 12.6 Å². The Kier molecular flexibility index (Phi) is 2.93. The zero-order chi connectivity index (χ0) is 8.27. The zero-order valence-electron chi connectivity index (χ0n) is 6.86. The molecule has 1 unspecified atom stereocenters. The lowest BCUT2D eigenvalue weighted by molar-refractivity contribution is 0.541. The highest BCUT2D eigenvalue weighted by atomic mass is 32.1. The molecule has 0 aromatic carbocycles. The number of rotatable bonds is 3. The molecule has 0 fully saturated rings. The molecule has 1 aromatic rings. The molecule has 3 nitrogen and oxygen atoms in total. The number of nitrogens with zero attached hydrogens (tertiary/aromatic N) is 3. The second-order valence-electron chi connectivity index (χ2n) is 2.61. The molecule has 0 N–H and O–H groups in total. The summed E-state index contributed by atoms with van der Waals surface area (Å²) in [4.78, 5) is 0. The van der Waals surface area contributed by atoms with Gasteiger partial charge < -0.3 is 0 Å². The molecule has 11 heavy (non-hydrogen) atoms. The Bertz CT molecular complexity index is 221. The Balaban J connectivity index is 2.60. The van der Waals surface area contributed by atoms with Crippen molar-refractivity contribution in [1.82, 2.24) is 15.0 Å². The number of aryl methyl sites for hydroxylation is 1. The second-order valence-corrected chi connectivity index (χ2v) is 3.21. The highest BCUT2D eigenvalue weighted by Gasteiger charge is 2.04. The van der Waals surface area contributed by atoms with Gasteiger partial charge in [0.2, 0.25) is 0 Å². The molecule has 0 spiro atoms. The Morgan fingerprint density at radius 3 is 2.91 bits per heavy atom. The third-order valence-corrected chi connectivity index (χ3v) is 1.97. The highest BCUT2D eigenvalue weighted by molar-refractivity contribution is 7.80. The Hall–Kier alpha value is -0.510. The van der Waals surface area contributed by atoms with Crippen LogP contribution in [0, 0.1) is 6.92 Å². The van der Waals surface area contributed by atoms with Crippen LogP contribution in [-0.4, -0.2) is 15.0 Å². The van der Waals surface area contributed by atoms with E-state index in [9.17, 15) is 0 Å². The monoisotopic (exact) mass is 171 g/mol. The van der Waals surface area contributed by atoms with E-state index in [0.29, 0.717) is 0 Å². The van der Waals surface area contributed by atoms with Crippen molar-refractivity contribution in [3.63, 3.8) is 0 Å². The van der Waals surface area contributed by atoms with Crippen LogP contribution in [0.4, 0.5) is 0 Å². The van der Waals surface area contributed by atoms with Crippen LogP contribution in [0.2, 0.25) is 0 Å². The normalized spacial score (nSPS) is 13.4. The van der Waals surface area contributed by atoms with E-state index >= 15 is 0 Å². The fourth-order valence-corrected chi connectivity index (χ4v) is 1.27. The number of hydrogen-bond acceptors (Lipinski definition) is 3. The number of thiol groups is 1. The third kappa shape index (κ3) is 2.22. The van der Waals surface area contributed by atoms with Crippen molar-refractivity contribution in [2.24, 2.45) is 0 Å². The molecule has 0 saturated heterocycles. The molecule has 62 valence electrons. The van der Waals surface area contributed by atoms with Crippen LogP contribution in [-0.2, 0) is 0 Å². The largest absolute Gasteiger partial charge is 0.239 e. The first kappa shape index (κ1) is 8.59. The van der Waals surface area contributed by atoms with Gasteiger partial charge in [-0.3, -0.25) is 0 Å². The van der Waals surface area contributed by atoms with Gasteiger partial charge >= 0.3 is 0 Å². The van der Waals surface area contributed by atoms with Crippen molar-refractivity contribution in [2.45, 2.75) is 32.1 Å². The Morgan fingerprint density at radius 2 is 2.45 bits per heavy atom. The van der Waals surface area contributed by atoms with E-state index in [1.807, 2.05) is 13.1 Å². The highest BCUT2D eigenvalue weighted by Crippen LogP contribution is 2.15. The summed E-state index contributed by atoms with van der Waals surface area (Å²) < 4.78 is 1.79. The first-order valence-electron chi connectivity index (χ1n) is 3.80. The maximum atomic E-state index is 4.37. The van der Waals surface area contributed by atoms with E-state index in [0.717, 1.165) is 18.5 Å². The van der Waals surface area contributed by atoms with Crippen LogP contribution in [0.5, 0.6) is 0 Å². The number of aromatic nitrogens is 3. The average molecular weight is 171 g/mol. The van der Waals surface area contributed by atoms with Gasteiger partial charge in [0.15, 0.2) is 0 Å². The van der Waals surface area contributed by atoms with Crippen LogP contribution in [0.15, 0.2) is 6.20 Å². The van der Waals surface area contributed by atoms with Crippen molar-refractivity contribution >= 4 is 12.6 Å². The molecule has 4 heteroatoms. The molecule has 1 rings (SSSR count). The van der Waals surface area contributed by atoms with Crippen molar-refractivity contribution < 1.29 is 0 Å². The SMILES string of the molecule is CCCC(S)n1cc(C)nn1. The minimum Gasteiger partial charge on any atom is -0.239 e. The maximum absolute atomic E-state index is 4.37. The van der Waals surface area contributed by atoms with Gasteiger partial charge in [-0.15, -0.1) is 5.10 Å². The summed E-state index contributed by atoms with van der Waals surface area (Å²) in [6.45, 7) is 4.06. The van der Waals surface area contributed by atoms with Crippen LogP contribution in [0.25, 0.3) is 0 Å². The van der Waals surface area contributed by atoms with E-state index in [2.05, 4.69) is 29.9 Å². The van der Waals surface area contributed by atoms with Gasteiger partial charge in [0, 0.05) is 6.20 Å². The molecule has 0 aliphatic rings. The summed E-state index contributed by atoms with van der Waals surface area (Å²) in [5.41, 5.74) is 0.945. The lowest BCUT2D eigenvalue weighted by Crippen LogP contribution is -2.02. The van der Waals surface area contributed by atoms with E-state index in [4.69, 9.17) is 0 Å². The van der Waals surface area contributed by atoms with Crippen molar-refractivity contribution in [3.8, 4) is 0 Å². The van der Waals surface area contributed by atoms with E-state index in [1.165, 1.54) is 0 Å². The predicted molar refractivity (Wildman–Crippen MR) is 47.7 cm³/mol. The van der Waals surface area contributed by atoms with Gasteiger partial charge in [0.05, 0.1) is 11.1 Å². The van der Waals surface area contributed by atoms with Crippen LogP contribution in [0.1, 0.15) is 30.8 Å². The average Bonchev–Trinajstić information content (AvgIpc) is 2.36. The molecule has 0 saturated carbocycles. The minimum absolute atomic E-state index is 0.182. The van der Waals surface area contributed by atoms with Crippen molar-refractivity contribution in [2.75, 3.05) is 0 Å². The van der Waals surface area contributed by atoms with Crippen LogP contribution in [0.3, 0.4) is 0 Å². The summed E-state index contributed by atoms with van der Waals surface area (Å²) in [6, 6.07) is 0. The molecule has 1 aromatic heterocycles. The molecular formula is C7H13N3S. The molecule has 0 amide bonds. The van der Waals surface area contributed by atoms with E-state index in [-0.39, 0.29) is 5.37 Å². The third-order valence-electron chi connectivity index (χ3n) is 1.48. The fourth-order valence-electron chi connectivity index (χ4n) is 0.901. The fraction of sp³-hybridized carbons (Fsp3) is 0.714.